The number of carbonyl (C=O) groups is 1. The number of aromatic nitrogens is 1. The number of hydrogen-bond acceptors (Lipinski definition) is 5. The van der Waals surface area contributed by atoms with E-state index in [9.17, 15) is 4.79 Å². The molecule has 1 aliphatic rings. The van der Waals surface area contributed by atoms with Crippen molar-refractivity contribution in [2.75, 3.05) is 19.7 Å². The van der Waals surface area contributed by atoms with Gasteiger partial charge < -0.3 is 10.1 Å². The first-order chi connectivity index (χ1) is 14.1. The Kier molecular flexibility index (Phi) is 6.04. The van der Waals surface area contributed by atoms with Crippen LogP contribution >= 0.6 is 11.3 Å². The first-order valence-corrected chi connectivity index (χ1v) is 10.7. The Labute approximate surface area is 175 Å². The average Bonchev–Trinajstić information content (AvgIpc) is 3.20. The van der Waals surface area contributed by atoms with Gasteiger partial charge >= 0.3 is 0 Å². The zero-order valence-corrected chi connectivity index (χ0v) is 17.3. The van der Waals surface area contributed by atoms with Crippen LogP contribution in [0.25, 0.3) is 0 Å². The van der Waals surface area contributed by atoms with Gasteiger partial charge in [0.05, 0.1) is 18.8 Å². The molecule has 4 rings (SSSR count). The molecule has 0 spiro atoms. The minimum atomic E-state index is -0.304. The summed E-state index contributed by atoms with van der Waals surface area (Å²) in [6.45, 7) is 5.81. The van der Waals surface area contributed by atoms with Crippen LogP contribution in [0.3, 0.4) is 0 Å². The van der Waals surface area contributed by atoms with E-state index < -0.39 is 0 Å². The lowest BCUT2D eigenvalue weighted by Crippen LogP contribution is -2.47. The predicted molar refractivity (Wildman–Crippen MR) is 115 cm³/mol. The van der Waals surface area contributed by atoms with Crippen molar-refractivity contribution in [3.05, 3.63) is 87.9 Å². The van der Waals surface area contributed by atoms with Crippen molar-refractivity contribution in [2.24, 2.45) is 0 Å². The van der Waals surface area contributed by atoms with E-state index in [2.05, 4.69) is 46.8 Å². The van der Waals surface area contributed by atoms with Gasteiger partial charge in [0.25, 0.3) is 5.91 Å². The van der Waals surface area contributed by atoms with Crippen LogP contribution in [0.15, 0.2) is 66.0 Å². The van der Waals surface area contributed by atoms with Crippen molar-refractivity contribution in [1.82, 2.24) is 15.2 Å². The molecule has 1 aliphatic heterocycles. The van der Waals surface area contributed by atoms with Gasteiger partial charge in [0, 0.05) is 30.6 Å². The predicted octanol–water partition coefficient (Wildman–Crippen LogP) is 3.82. The lowest BCUT2D eigenvalue weighted by molar-refractivity contribution is -0.105. The van der Waals surface area contributed by atoms with Gasteiger partial charge in [0.15, 0.2) is 0 Å². The van der Waals surface area contributed by atoms with Gasteiger partial charge in [0.1, 0.15) is 10.6 Å². The summed E-state index contributed by atoms with van der Waals surface area (Å²) < 4.78 is 6.12. The van der Waals surface area contributed by atoms with Crippen LogP contribution in [0.4, 0.5) is 0 Å². The molecule has 0 saturated carbocycles. The SMILES string of the molecule is CC1(c2ccccc2)CN(Cc2csc(CNC(=O)c3ccccc3)n2)CCO1. The van der Waals surface area contributed by atoms with Crippen LogP contribution in [-0.2, 0) is 23.4 Å². The van der Waals surface area contributed by atoms with Gasteiger partial charge in [-0.05, 0) is 24.6 Å². The number of amides is 1. The smallest absolute Gasteiger partial charge is 0.251 e. The lowest BCUT2D eigenvalue weighted by Gasteiger charge is -2.40. The maximum absolute atomic E-state index is 12.2. The zero-order valence-electron chi connectivity index (χ0n) is 16.5. The van der Waals surface area contributed by atoms with Gasteiger partial charge in [0.2, 0.25) is 0 Å². The van der Waals surface area contributed by atoms with E-state index in [0.717, 1.165) is 30.3 Å². The Hall–Kier alpha value is -2.54. The van der Waals surface area contributed by atoms with E-state index in [1.807, 2.05) is 36.4 Å². The number of thiazole rings is 1. The second kappa shape index (κ2) is 8.86. The van der Waals surface area contributed by atoms with Crippen LogP contribution < -0.4 is 5.32 Å². The molecule has 2 heterocycles. The number of carbonyl (C=O) groups excluding carboxylic acids is 1. The first-order valence-electron chi connectivity index (χ1n) is 9.81. The van der Waals surface area contributed by atoms with Crippen molar-refractivity contribution in [1.29, 1.82) is 0 Å². The van der Waals surface area contributed by atoms with Gasteiger partial charge in [-0.2, -0.15) is 0 Å². The molecular weight excluding hydrogens is 382 g/mol. The van der Waals surface area contributed by atoms with Crippen LogP contribution in [0.2, 0.25) is 0 Å². The maximum atomic E-state index is 12.2. The topological polar surface area (TPSA) is 54.5 Å². The summed E-state index contributed by atoms with van der Waals surface area (Å²) in [4.78, 5) is 19.3. The second-order valence-electron chi connectivity index (χ2n) is 7.44. The molecule has 5 nitrogen and oxygen atoms in total. The summed E-state index contributed by atoms with van der Waals surface area (Å²) in [7, 11) is 0. The fraction of sp³-hybridized carbons (Fsp3) is 0.304. The van der Waals surface area contributed by atoms with Gasteiger partial charge in [-0.1, -0.05) is 48.5 Å². The van der Waals surface area contributed by atoms with Crippen LogP contribution in [0.5, 0.6) is 0 Å². The van der Waals surface area contributed by atoms with Crippen molar-refractivity contribution < 1.29 is 9.53 Å². The molecule has 1 aromatic heterocycles. The highest BCUT2D eigenvalue weighted by Gasteiger charge is 2.33. The summed E-state index contributed by atoms with van der Waals surface area (Å²) >= 11 is 1.59. The molecule has 1 saturated heterocycles. The summed E-state index contributed by atoms with van der Waals surface area (Å²) in [5.74, 6) is -0.0749. The number of rotatable bonds is 6. The number of nitrogens with zero attached hydrogens (tertiary/aromatic N) is 2. The molecule has 6 heteroatoms. The molecule has 150 valence electrons. The summed E-state index contributed by atoms with van der Waals surface area (Å²) in [6.07, 6.45) is 0. The highest BCUT2D eigenvalue weighted by Crippen LogP contribution is 2.30. The molecule has 2 aromatic carbocycles. The summed E-state index contributed by atoms with van der Waals surface area (Å²) in [5, 5.41) is 5.94. The summed E-state index contributed by atoms with van der Waals surface area (Å²) in [6, 6.07) is 19.6. The van der Waals surface area contributed by atoms with Gasteiger partial charge in [-0.25, -0.2) is 4.98 Å². The Balaban J connectivity index is 1.33. The third kappa shape index (κ3) is 4.90. The Morgan fingerprint density at radius 3 is 2.66 bits per heavy atom. The monoisotopic (exact) mass is 407 g/mol. The van der Waals surface area contributed by atoms with E-state index in [0.29, 0.717) is 18.7 Å². The number of morpholine rings is 1. The Bertz CT molecular complexity index is 945. The van der Waals surface area contributed by atoms with E-state index in [1.54, 1.807) is 11.3 Å². The molecule has 0 bridgehead atoms. The number of nitrogens with one attached hydrogen (secondary N) is 1. The molecule has 0 aliphatic carbocycles. The molecule has 1 amide bonds. The quantitative estimate of drug-likeness (QED) is 0.675. The van der Waals surface area contributed by atoms with Crippen molar-refractivity contribution >= 4 is 17.2 Å². The largest absolute Gasteiger partial charge is 0.368 e. The van der Waals surface area contributed by atoms with Crippen LogP contribution in [-0.4, -0.2) is 35.5 Å². The number of ether oxygens (including phenoxy) is 1. The van der Waals surface area contributed by atoms with E-state index in [1.165, 1.54) is 5.56 Å². The third-order valence-corrected chi connectivity index (χ3v) is 6.06. The van der Waals surface area contributed by atoms with Gasteiger partial charge in [-0.15, -0.1) is 11.3 Å². The highest BCUT2D eigenvalue weighted by molar-refractivity contribution is 7.09. The molecule has 0 radical (unpaired) electrons. The second-order valence-corrected chi connectivity index (χ2v) is 8.38. The average molecular weight is 408 g/mol. The standard InChI is InChI=1S/C23H25N3O2S/c1-23(19-10-6-3-7-11-19)17-26(12-13-28-23)15-20-16-29-21(25-20)14-24-22(27)18-8-4-2-5-9-18/h2-11,16H,12-15,17H2,1H3,(H,24,27). The van der Waals surface area contributed by atoms with E-state index in [4.69, 9.17) is 9.72 Å². The molecule has 1 atom stereocenters. The third-order valence-electron chi connectivity index (χ3n) is 5.16. The fourth-order valence-corrected chi connectivity index (χ4v) is 4.36. The molecule has 1 N–H and O–H groups in total. The number of hydrogen-bond donors (Lipinski definition) is 1. The van der Waals surface area contributed by atoms with E-state index >= 15 is 0 Å². The molecule has 3 aromatic rings. The Morgan fingerprint density at radius 2 is 1.90 bits per heavy atom. The zero-order chi connectivity index (χ0) is 20.1. The van der Waals surface area contributed by atoms with Crippen molar-refractivity contribution in [3.8, 4) is 0 Å². The molecular formula is C23H25N3O2S. The van der Waals surface area contributed by atoms with Crippen molar-refractivity contribution in [3.63, 3.8) is 0 Å². The van der Waals surface area contributed by atoms with Crippen LogP contribution in [0.1, 0.15) is 33.5 Å². The fourth-order valence-electron chi connectivity index (χ4n) is 3.63. The minimum Gasteiger partial charge on any atom is -0.368 e. The van der Waals surface area contributed by atoms with Gasteiger partial charge in [-0.3, -0.25) is 9.69 Å². The maximum Gasteiger partial charge on any atom is 0.251 e. The summed E-state index contributed by atoms with van der Waals surface area (Å²) in [5.41, 5.74) is 2.60. The minimum absolute atomic E-state index is 0.0749. The molecule has 1 fully saturated rings. The molecule has 1 unspecified atom stereocenters. The van der Waals surface area contributed by atoms with Crippen LogP contribution in [0, 0.1) is 0 Å². The highest BCUT2D eigenvalue weighted by atomic mass is 32.1. The Morgan fingerprint density at radius 1 is 1.17 bits per heavy atom. The number of benzene rings is 2. The van der Waals surface area contributed by atoms with E-state index in [-0.39, 0.29) is 11.5 Å². The van der Waals surface area contributed by atoms with Crippen molar-refractivity contribution in [2.45, 2.75) is 25.6 Å². The normalized spacial score (nSPS) is 19.8. The molecule has 29 heavy (non-hydrogen) atoms. The lowest BCUT2D eigenvalue weighted by atomic mass is 9.94. The first kappa shape index (κ1) is 19.8.